The van der Waals surface area contributed by atoms with Crippen LogP contribution >= 0.6 is 0 Å². The summed E-state index contributed by atoms with van der Waals surface area (Å²) in [7, 11) is 3.28. The monoisotopic (exact) mass is 388 g/mol. The van der Waals surface area contributed by atoms with E-state index in [4.69, 9.17) is 9.47 Å². The van der Waals surface area contributed by atoms with Crippen LogP contribution in [0, 0.1) is 5.82 Å². The van der Waals surface area contributed by atoms with Gasteiger partial charge in [0.15, 0.2) is 11.5 Å². The van der Waals surface area contributed by atoms with E-state index in [0.29, 0.717) is 0 Å². The Balaban J connectivity index is 1.64. The van der Waals surface area contributed by atoms with Crippen LogP contribution in [0.2, 0.25) is 0 Å². The van der Waals surface area contributed by atoms with Gasteiger partial charge >= 0.3 is 0 Å². The molecule has 1 fully saturated rings. The molecule has 6 heteroatoms. The summed E-state index contributed by atoms with van der Waals surface area (Å²) in [4.78, 5) is 4.79. The molecule has 0 aromatic heterocycles. The molecule has 2 aromatic rings. The molecule has 28 heavy (non-hydrogen) atoms. The fourth-order valence-corrected chi connectivity index (χ4v) is 3.79. The summed E-state index contributed by atoms with van der Waals surface area (Å²) >= 11 is 0. The molecule has 152 valence electrons. The summed E-state index contributed by atoms with van der Waals surface area (Å²) in [5.41, 5.74) is 2.27. The molecule has 0 amide bonds. The Morgan fingerprint density at radius 2 is 1.68 bits per heavy atom. The van der Waals surface area contributed by atoms with E-state index in [1.54, 1.807) is 14.2 Å². The number of benzene rings is 2. The van der Waals surface area contributed by atoms with Gasteiger partial charge in [-0.15, -0.1) is 0 Å². The number of aliphatic hydroxyl groups excluding tert-OH is 1. The molecule has 0 spiro atoms. The lowest BCUT2D eigenvalue weighted by Crippen LogP contribution is -2.52. The van der Waals surface area contributed by atoms with Crippen LogP contribution in [0.5, 0.6) is 11.5 Å². The average Bonchev–Trinajstić information content (AvgIpc) is 2.71. The smallest absolute Gasteiger partial charge is 0.161 e. The van der Waals surface area contributed by atoms with Crippen molar-refractivity contribution < 1.29 is 19.0 Å². The predicted octanol–water partition coefficient (Wildman–Crippen LogP) is 2.91. The van der Waals surface area contributed by atoms with Crippen molar-refractivity contribution in [3.8, 4) is 11.5 Å². The van der Waals surface area contributed by atoms with Crippen LogP contribution in [0.1, 0.15) is 17.5 Å². The standard InChI is InChI=1S/C22H29FN2O3/c1-27-21-8-5-18(13-22(21)28-2)14-24-10-11-25(20(16-24)9-12-26)15-17-3-6-19(23)7-4-17/h3-8,13,20,26H,9-12,14-16H2,1-2H3. The lowest BCUT2D eigenvalue weighted by Gasteiger charge is -2.41. The Morgan fingerprint density at radius 3 is 2.36 bits per heavy atom. The Morgan fingerprint density at radius 1 is 0.964 bits per heavy atom. The van der Waals surface area contributed by atoms with E-state index in [9.17, 15) is 9.50 Å². The topological polar surface area (TPSA) is 45.2 Å². The van der Waals surface area contributed by atoms with Gasteiger partial charge in [0.05, 0.1) is 14.2 Å². The van der Waals surface area contributed by atoms with E-state index in [2.05, 4.69) is 15.9 Å². The summed E-state index contributed by atoms with van der Waals surface area (Å²) in [6.07, 6.45) is 0.726. The number of rotatable bonds is 8. The quantitative estimate of drug-likeness (QED) is 0.753. The van der Waals surface area contributed by atoms with Gasteiger partial charge in [-0.05, 0) is 41.8 Å². The maximum atomic E-state index is 13.2. The van der Waals surface area contributed by atoms with E-state index in [-0.39, 0.29) is 18.5 Å². The van der Waals surface area contributed by atoms with Crippen molar-refractivity contribution in [2.75, 3.05) is 40.5 Å². The number of nitrogens with zero attached hydrogens (tertiary/aromatic N) is 2. The maximum Gasteiger partial charge on any atom is 0.161 e. The fraction of sp³-hybridized carbons (Fsp3) is 0.455. The van der Waals surface area contributed by atoms with Crippen molar-refractivity contribution in [3.05, 3.63) is 59.4 Å². The van der Waals surface area contributed by atoms with Crippen LogP contribution in [0.3, 0.4) is 0 Å². The molecular formula is C22H29FN2O3. The van der Waals surface area contributed by atoms with Gasteiger partial charge in [0.1, 0.15) is 5.82 Å². The third kappa shape index (κ3) is 5.22. The van der Waals surface area contributed by atoms with E-state index in [1.165, 1.54) is 17.7 Å². The molecule has 0 radical (unpaired) electrons. The normalized spacial score (nSPS) is 18.2. The van der Waals surface area contributed by atoms with Gasteiger partial charge in [-0.2, -0.15) is 0 Å². The Labute approximate surface area is 166 Å². The molecule has 1 atom stereocenters. The zero-order valence-electron chi connectivity index (χ0n) is 16.6. The van der Waals surface area contributed by atoms with Crippen molar-refractivity contribution in [2.24, 2.45) is 0 Å². The summed E-state index contributed by atoms with van der Waals surface area (Å²) in [6, 6.07) is 13.0. The van der Waals surface area contributed by atoms with Crippen LogP contribution in [-0.2, 0) is 13.1 Å². The van der Waals surface area contributed by atoms with Crippen LogP contribution in [0.4, 0.5) is 4.39 Å². The first kappa shape index (κ1) is 20.6. The van der Waals surface area contributed by atoms with Crippen molar-refractivity contribution in [3.63, 3.8) is 0 Å². The van der Waals surface area contributed by atoms with Crippen LogP contribution in [-0.4, -0.2) is 61.4 Å². The number of aliphatic hydroxyl groups is 1. The summed E-state index contributed by atoms with van der Waals surface area (Å²) in [6.45, 7) is 4.50. The number of halogens is 1. The average molecular weight is 388 g/mol. The fourth-order valence-electron chi connectivity index (χ4n) is 3.79. The summed E-state index contributed by atoms with van der Waals surface area (Å²) in [5.74, 6) is 1.26. The molecule has 1 aliphatic heterocycles. The zero-order valence-corrected chi connectivity index (χ0v) is 16.6. The number of hydrogen-bond donors (Lipinski definition) is 1. The predicted molar refractivity (Wildman–Crippen MR) is 107 cm³/mol. The van der Waals surface area contributed by atoms with Crippen molar-refractivity contribution in [1.29, 1.82) is 0 Å². The second-order valence-electron chi connectivity index (χ2n) is 7.19. The van der Waals surface area contributed by atoms with Crippen molar-refractivity contribution in [1.82, 2.24) is 9.80 Å². The van der Waals surface area contributed by atoms with Crippen LogP contribution in [0.25, 0.3) is 0 Å². The molecule has 0 bridgehead atoms. The van der Waals surface area contributed by atoms with Gasteiger partial charge in [-0.1, -0.05) is 18.2 Å². The number of ether oxygens (including phenoxy) is 2. The molecule has 2 aromatic carbocycles. The SMILES string of the molecule is COc1ccc(CN2CCN(Cc3ccc(F)cc3)C(CCO)C2)cc1OC. The first-order valence-electron chi connectivity index (χ1n) is 9.65. The van der Waals surface area contributed by atoms with Gasteiger partial charge in [-0.3, -0.25) is 9.80 Å². The molecule has 1 heterocycles. The molecular weight excluding hydrogens is 359 g/mol. The van der Waals surface area contributed by atoms with E-state index < -0.39 is 0 Å². The molecule has 5 nitrogen and oxygen atoms in total. The highest BCUT2D eigenvalue weighted by atomic mass is 19.1. The third-order valence-corrected chi connectivity index (χ3v) is 5.30. The molecule has 1 aliphatic rings. The van der Waals surface area contributed by atoms with E-state index in [1.807, 2.05) is 24.3 Å². The Hall–Kier alpha value is -2.15. The number of piperazine rings is 1. The largest absolute Gasteiger partial charge is 0.493 e. The second-order valence-corrected chi connectivity index (χ2v) is 7.19. The molecule has 1 N–H and O–H groups in total. The van der Waals surface area contributed by atoms with Crippen molar-refractivity contribution >= 4 is 0 Å². The number of methoxy groups -OCH3 is 2. The van der Waals surface area contributed by atoms with E-state index in [0.717, 1.165) is 56.2 Å². The van der Waals surface area contributed by atoms with Crippen LogP contribution < -0.4 is 9.47 Å². The van der Waals surface area contributed by atoms with Gasteiger partial charge in [0.2, 0.25) is 0 Å². The van der Waals surface area contributed by atoms with E-state index >= 15 is 0 Å². The maximum absolute atomic E-state index is 13.2. The number of hydrogen-bond acceptors (Lipinski definition) is 5. The minimum atomic E-state index is -0.213. The third-order valence-electron chi connectivity index (χ3n) is 5.30. The highest BCUT2D eigenvalue weighted by Gasteiger charge is 2.26. The second kappa shape index (κ2) is 9.87. The van der Waals surface area contributed by atoms with Crippen molar-refractivity contribution in [2.45, 2.75) is 25.6 Å². The Kier molecular flexibility index (Phi) is 7.25. The van der Waals surface area contributed by atoms with Gasteiger partial charge < -0.3 is 14.6 Å². The highest BCUT2D eigenvalue weighted by molar-refractivity contribution is 5.42. The molecule has 0 saturated carbocycles. The van der Waals surface area contributed by atoms with Gasteiger partial charge in [0, 0.05) is 45.4 Å². The zero-order chi connectivity index (χ0) is 19.9. The summed E-state index contributed by atoms with van der Waals surface area (Å²) in [5, 5.41) is 9.52. The lowest BCUT2D eigenvalue weighted by molar-refractivity contribution is 0.0499. The van der Waals surface area contributed by atoms with Gasteiger partial charge in [0.25, 0.3) is 0 Å². The Bertz CT molecular complexity index is 754. The first-order chi connectivity index (χ1) is 13.6. The molecule has 0 aliphatic carbocycles. The van der Waals surface area contributed by atoms with Gasteiger partial charge in [-0.25, -0.2) is 4.39 Å². The highest BCUT2D eigenvalue weighted by Crippen LogP contribution is 2.28. The lowest BCUT2D eigenvalue weighted by atomic mass is 10.1. The first-order valence-corrected chi connectivity index (χ1v) is 9.65. The minimum absolute atomic E-state index is 0.161. The molecule has 3 rings (SSSR count). The van der Waals surface area contributed by atoms with Crippen LogP contribution in [0.15, 0.2) is 42.5 Å². The summed E-state index contributed by atoms with van der Waals surface area (Å²) < 4.78 is 23.9. The minimum Gasteiger partial charge on any atom is -0.493 e. The molecule has 1 saturated heterocycles. The molecule has 1 unspecified atom stereocenters.